The number of carbonyl (C=O) groups is 1. The van der Waals surface area contributed by atoms with Gasteiger partial charge in [-0.2, -0.15) is 0 Å². The Morgan fingerprint density at radius 2 is 2.15 bits per heavy atom. The van der Waals surface area contributed by atoms with Crippen LogP contribution in [0.25, 0.3) is 0 Å². The van der Waals surface area contributed by atoms with Gasteiger partial charge in [-0.1, -0.05) is 27.5 Å². The first kappa shape index (κ1) is 11.1. The summed E-state index contributed by atoms with van der Waals surface area (Å²) in [6.45, 7) is 0. The highest BCUT2D eigenvalue weighted by molar-refractivity contribution is 9.09. The zero-order chi connectivity index (χ0) is 9.84. The van der Waals surface area contributed by atoms with Crippen LogP contribution in [-0.4, -0.2) is 11.1 Å². The lowest BCUT2D eigenvalue weighted by Crippen LogP contribution is -2.03. The Hall–Kier alpha value is 0.01000. The summed E-state index contributed by atoms with van der Waals surface area (Å²) in [5.74, 6) is 0.134. The predicted molar refractivity (Wildman–Crippen MR) is 61.2 cm³/mol. The molecule has 0 aromatic heterocycles. The molecule has 13 heavy (non-hydrogen) atoms. The molecule has 0 bridgehead atoms. The zero-order valence-electron chi connectivity index (χ0n) is 6.76. The lowest BCUT2D eigenvalue weighted by molar-refractivity contribution is -0.115. The summed E-state index contributed by atoms with van der Waals surface area (Å²) in [5.41, 5.74) is 0.905. The van der Waals surface area contributed by atoms with Crippen LogP contribution in [0.5, 0.6) is 0 Å². The van der Waals surface area contributed by atoms with Crippen molar-refractivity contribution in [2.45, 2.75) is 11.3 Å². The minimum Gasteiger partial charge on any atom is -0.298 e. The Labute approximate surface area is 96.0 Å². The Kier molecular flexibility index (Phi) is 4.29. The molecule has 0 aliphatic carbocycles. The molecule has 0 spiro atoms. The lowest BCUT2D eigenvalue weighted by Gasteiger charge is -2.01. The summed E-state index contributed by atoms with van der Waals surface area (Å²) < 4.78 is 0. The summed E-state index contributed by atoms with van der Waals surface area (Å²) in [6.07, 6.45) is 0.402. The first-order chi connectivity index (χ1) is 6.11. The normalized spacial score (nSPS) is 10.1. The van der Waals surface area contributed by atoms with Gasteiger partial charge in [0.15, 0.2) is 0 Å². The smallest absolute Gasteiger partial charge is 0.147 e. The molecule has 0 heterocycles. The third kappa shape index (κ3) is 3.71. The second kappa shape index (κ2) is 5.03. The van der Waals surface area contributed by atoms with Crippen LogP contribution in [0, 0.1) is 0 Å². The third-order valence-electron chi connectivity index (χ3n) is 1.49. The van der Waals surface area contributed by atoms with E-state index in [4.69, 9.17) is 11.6 Å². The molecule has 1 aromatic rings. The first-order valence-corrected chi connectivity index (χ1v) is 5.62. The minimum atomic E-state index is 0.134. The Morgan fingerprint density at radius 3 is 2.69 bits per heavy atom. The van der Waals surface area contributed by atoms with Crippen LogP contribution in [0.15, 0.2) is 23.1 Å². The Balaban J connectivity index is 2.83. The topological polar surface area (TPSA) is 17.1 Å². The van der Waals surface area contributed by atoms with Gasteiger partial charge in [0.1, 0.15) is 5.78 Å². The molecule has 0 radical (unpaired) electrons. The second-order valence-corrected chi connectivity index (χ2v) is 4.18. The van der Waals surface area contributed by atoms with E-state index in [0.29, 0.717) is 16.8 Å². The van der Waals surface area contributed by atoms with Gasteiger partial charge in [0.05, 0.1) is 5.33 Å². The number of Topliss-reactive ketones (excluding diaryl/α,β-unsaturated/α-hetero) is 1. The van der Waals surface area contributed by atoms with E-state index >= 15 is 0 Å². The summed E-state index contributed by atoms with van der Waals surface area (Å²) >= 11 is 13.1. The van der Waals surface area contributed by atoms with Crippen LogP contribution in [0.3, 0.4) is 0 Å². The van der Waals surface area contributed by atoms with E-state index in [0.717, 1.165) is 10.5 Å². The van der Waals surface area contributed by atoms with Crippen molar-refractivity contribution in [2.24, 2.45) is 0 Å². The van der Waals surface area contributed by atoms with Crippen LogP contribution in [0.4, 0.5) is 0 Å². The SMILES string of the molecule is O=C(CBr)Cc1cc(S)cc(Cl)c1. The number of ketones is 1. The van der Waals surface area contributed by atoms with Gasteiger partial charge < -0.3 is 0 Å². The van der Waals surface area contributed by atoms with Gasteiger partial charge in [-0.3, -0.25) is 4.79 Å². The van der Waals surface area contributed by atoms with E-state index in [1.54, 1.807) is 12.1 Å². The molecule has 0 atom stereocenters. The molecular formula is C9H8BrClOS. The van der Waals surface area contributed by atoms with E-state index < -0.39 is 0 Å². The highest BCUT2D eigenvalue weighted by Crippen LogP contribution is 2.18. The van der Waals surface area contributed by atoms with Crippen LogP contribution < -0.4 is 0 Å². The third-order valence-corrected chi connectivity index (χ3v) is 2.59. The summed E-state index contributed by atoms with van der Waals surface area (Å²) in [6, 6.07) is 5.37. The predicted octanol–water partition coefficient (Wildman–Crippen LogP) is 3.14. The molecule has 0 aliphatic heterocycles. The maximum Gasteiger partial charge on any atom is 0.147 e. The number of hydrogen-bond donors (Lipinski definition) is 1. The van der Waals surface area contributed by atoms with Crippen molar-refractivity contribution < 1.29 is 4.79 Å². The fourth-order valence-corrected chi connectivity index (χ4v) is 1.85. The maximum atomic E-state index is 11.1. The quantitative estimate of drug-likeness (QED) is 0.664. The molecule has 0 saturated carbocycles. The van der Waals surface area contributed by atoms with E-state index in [9.17, 15) is 4.79 Å². The second-order valence-electron chi connectivity index (χ2n) is 2.67. The molecule has 1 rings (SSSR count). The lowest BCUT2D eigenvalue weighted by atomic mass is 10.1. The number of alkyl halides is 1. The van der Waals surface area contributed by atoms with Crippen molar-refractivity contribution in [3.8, 4) is 0 Å². The van der Waals surface area contributed by atoms with E-state index in [1.807, 2.05) is 6.07 Å². The number of halogens is 2. The molecule has 0 aliphatic rings. The van der Waals surface area contributed by atoms with Gasteiger partial charge in [-0.15, -0.1) is 12.6 Å². The number of benzene rings is 1. The molecule has 4 heteroatoms. The van der Waals surface area contributed by atoms with Crippen molar-refractivity contribution in [1.29, 1.82) is 0 Å². The number of rotatable bonds is 3. The molecule has 0 amide bonds. The molecular weight excluding hydrogens is 272 g/mol. The molecule has 70 valence electrons. The van der Waals surface area contributed by atoms with Crippen molar-refractivity contribution in [2.75, 3.05) is 5.33 Å². The highest BCUT2D eigenvalue weighted by atomic mass is 79.9. The largest absolute Gasteiger partial charge is 0.298 e. The summed E-state index contributed by atoms with van der Waals surface area (Å²) in [7, 11) is 0. The first-order valence-electron chi connectivity index (χ1n) is 3.68. The molecule has 0 unspecified atom stereocenters. The van der Waals surface area contributed by atoms with Crippen LogP contribution in [0.1, 0.15) is 5.56 Å². The van der Waals surface area contributed by atoms with Gasteiger partial charge in [0, 0.05) is 16.3 Å². The van der Waals surface area contributed by atoms with Crippen LogP contribution >= 0.6 is 40.2 Å². The van der Waals surface area contributed by atoms with Crippen molar-refractivity contribution >= 4 is 45.9 Å². The number of hydrogen-bond acceptors (Lipinski definition) is 2. The van der Waals surface area contributed by atoms with Gasteiger partial charge in [0.25, 0.3) is 0 Å². The van der Waals surface area contributed by atoms with E-state index in [1.165, 1.54) is 0 Å². The fraction of sp³-hybridized carbons (Fsp3) is 0.222. The van der Waals surface area contributed by atoms with Crippen molar-refractivity contribution in [3.05, 3.63) is 28.8 Å². The summed E-state index contributed by atoms with van der Waals surface area (Å²) in [5, 5.41) is 0.992. The zero-order valence-corrected chi connectivity index (χ0v) is 9.99. The average molecular weight is 280 g/mol. The van der Waals surface area contributed by atoms with Crippen molar-refractivity contribution in [3.63, 3.8) is 0 Å². The average Bonchev–Trinajstić information content (AvgIpc) is 2.02. The fourth-order valence-electron chi connectivity index (χ4n) is 1.01. The molecule has 1 nitrogen and oxygen atoms in total. The van der Waals surface area contributed by atoms with Gasteiger partial charge >= 0.3 is 0 Å². The van der Waals surface area contributed by atoms with E-state index in [2.05, 4.69) is 28.6 Å². The Bertz CT molecular complexity index is 307. The van der Waals surface area contributed by atoms with Crippen molar-refractivity contribution in [1.82, 2.24) is 0 Å². The van der Waals surface area contributed by atoms with Crippen LogP contribution in [-0.2, 0) is 11.2 Å². The summed E-state index contributed by atoms with van der Waals surface area (Å²) in [4.78, 5) is 11.9. The minimum absolute atomic E-state index is 0.134. The number of thiol groups is 1. The molecule has 0 N–H and O–H groups in total. The van der Waals surface area contributed by atoms with Crippen LogP contribution in [0.2, 0.25) is 5.02 Å². The standard InChI is InChI=1S/C9H8BrClOS/c10-5-8(12)2-6-1-7(11)4-9(13)3-6/h1,3-4,13H,2,5H2. The molecule has 1 aromatic carbocycles. The van der Waals surface area contributed by atoms with Gasteiger partial charge in [-0.25, -0.2) is 0 Å². The Morgan fingerprint density at radius 1 is 1.46 bits per heavy atom. The monoisotopic (exact) mass is 278 g/mol. The highest BCUT2D eigenvalue weighted by Gasteiger charge is 2.03. The van der Waals surface area contributed by atoms with Gasteiger partial charge in [-0.05, 0) is 23.8 Å². The van der Waals surface area contributed by atoms with Gasteiger partial charge in [0.2, 0.25) is 0 Å². The molecule has 0 fully saturated rings. The molecule has 0 saturated heterocycles. The maximum absolute atomic E-state index is 11.1. The number of carbonyl (C=O) groups excluding carboxylic acids is 1. The van der Waals surface area contributed by atoms with E-state index in [-0.39, 0.29) is 5.78 Å².